The second-order valence-corrected chi connectivity index (χ2v) is 11.9. The SMILES string of the molecule is CC(C)C[C@H]1COc2ccccc2C(=O)N[C@H](C(=O)N(C)CCOc2ccccc2)CC(=O)N[C@@H](CC(C)C)C(=O)N1C. The molecule has 0 saturated heterocycles. The molecular formula is C33H46N4O6. The predicted octanol–water partition coefficient (Wildman–Crippen LogP) is 3.51. The van der Waals surface area contributed by atoms with Gasteiger partial charge in [-0.1, -0.05) is 58.0 Å². The molecule has 1 aliphatic heterocycles. The molecule has 3 atom stereocenters. The van der Waals surface area contributed by atoms with Gasteiger partial charge >= 0.3 is 0 Å². The monoisotopic (exact) mass is 594 g/mol. The van der Waals surface area contributed by atoms with Crippen molar-refractivity contribution in [3.8, 4) is 11.5 Å². The summed E-state index contributed by atoms with van der Waals surface area (Å²) in [5.41, 5.74) is 0.239. The zero-order chi connectivity index (χ0) is 31.5. The van der Waals surface area contributed by atoms with Crippen LogP contribution >= 0.6 is 0 Å². The van der Waals surface area contributed by atoms with Gasteiger partial charge < -0.3 is 29.9 Å². The third-order valence-electron chi connectivity index (χ3n) is 7.35. The molecule has 4 amide bonds. The Morgan fingerprint density at radius 1 is 0.977 bits per heavy atom. The van der Waals surface area contributed by atoms with Crippen LogP contribution in [0.2, 0.25) is 0 Å². The Bertz CT molecular complexity index is 1230. The largest absolute Gasteiger partial charge is 0.492 e. The minimum absolute atomic E-state index is 0.126. The Kier molecular flexibility index (Phi) is 12.4. The van der Waals surface area contributed by atoms with Crippen molar-refractivity contribution in [2.75, 3.05) is 33.9 Å². The van der Waals surface area contributed by atoms with E-state index < -0.39 is 29.8 Å². The number of fused-ring (bicyclic) bond motifs is 1. The number of hydrogen-bond acceptors (Lipinski definition) is 6. The Labute approximate surface area is 255 Å². The van der Waals surface area contributed by atoms with Gasteiger partial charge in [0.1, 0.15) is 36.8 Å². The van der Waals surface area contributed by atoms with E-state index in [0.717, 1.165) is 0 Å². The first-order valence-corrected chi connectivity index (χ1v) is 15.0. The predicted molar refractivity (Wildman–Crippen MR) is 165 cm³/mol. The molecule has 43 heavy (non-hydrogen) atoms. The van der Waals surface area contributed by atoms with Crippen molar-refractivity contribution in [2.24, 2.45) is 11.8 Å². The van der Waals surface area contributed by atoms with E-state index in [2.05, 4.69) is 24.5 Å². The fraction of sp³-hybridized carbons (Fsp3) is 0.515. The average Bonchev–Trinajstić information content (AvgIpc) is 2.97. The van der Waals surface area contributed by atoms with Crippen LogP contribution in [0.25, 0.3) is 0 Å². The van der Waals surface area contributed by atoms with Crippen molar-refractivity contribution in [3.63, 3.8) is 0 Å². The summed E-state index contributed by atoms with van der Waals surface area (Å²) in [6.07, 6.45) is 0.767. The van der Waals surface area contributed by atoms with Crippen LogP contribution < -0.4 is 20.1 Å². The Morgan fingerprint density at radius 3 is 2.30 bits per heavy atom. The van der Waals surface area contributed by atoms with Gasteiger partial charge in [0.25, 0.3) is 5.91 Å². The van der Waals surface area contributed by atoms with Crippen LogP contribution in [-0.2, 0) is 14.4 Å². The Hall–Kier alpha value is -4.08. The van der Waals surface area contributed by atoms with Crippen LogP contribution in [0.1, 0.15) is 57.3 Å². The third kappa shape index (κ3) is 10.0. The van der Waals surface area contributed by atoms with Gasteiger partial charge in [-0.05, 0) is 48.9 Å². The molecule has 0 spiro atoms. The van der Waals surface area contributed by atoms with Crippen molar-refractivity contribution in [1.29, 1.82) is 0 Å². The molecule has 2 aromatic rings. The molecule has 234 valence electrons. The number of para-hydroxylation sites is 2. The molecule has 0 aliphatic carbocycles. The standard InChI is InChI=1S/C33H46N4O6/c1-22(2)18-24-21-43-29-15-11-10-14-26(29)31(39)35-28(20-30(38)34-27(19-23(3)4)33(41)37(24)6)32(40)36(5)16-17-42-25-12-8-7-9-13-25/h7-15,22-24,27-28H,16-21H2,1-6H3,(H,34,38)(H,35,39)/t24-,27-,28-/m0/s1. The molecule has 0 bridgehead atoms. The maximum atomic E-state index is 13.7. The lowest BCUT2D eigenvalue weighted by molar-refractivity contribution is -0.139. The molecule has 10 heteroatoms. The number of hydrogen-bond donors (Lipinski definition) is 2. The zero-order valence-corrected chi connectivity index (χ0v) is 26.2. The summed E-state index contributed by atoms with van der Waals surface area (Å²) in [7, 11) is 3.32. The van der Waals surface area contributed by atoms with Gasteiger partial charge in [0.15, 0.2) is 0 Å². The third-order valence-corrected chi connectivity index (χ3v) is 7.35. The van der Waals surface area contributed by atoms with Crippen LogP contribution in [-0.4, -0.2) is 85.4 Å². The molecule has 3 rings (SSSR count). The number of rotatable bonds is 9. The number of benzene rings is 2. The van der Waals surface area contributed by atoms with Gasteiger partial charge in [0.2, 0.25) is 17.7 Å². The summed E-state index contributed by atoms with van der Waals surface area (Å²) in [4.78, 5) is 57.3. The number of carbonyl (C=O) groups excluding carboxylic acids is 4. The van der Waals surface area contributed by atoms with Crippen LogP contribution in [0.5, 0.6) is 11.5 Å². The van der Waals surface area contributed by atoms with Gasteiger partial charge in [0, 0.05) is 14.1 Å². The first kappa shape index (κ1) is 33.4. The Balaban J connectivity index is 1.89. The molecule has 0 radical (unpaired) electrons. The molecule has 2 N–H and O–H groups in total. The fourth-order valence-electron chi connectivity index (χ4n) is 5.03. The molecule has 0 aromatic heterocycles. The molecule has 2 aromatic carbocycles. The summed E-state index contributed by atoms with van der Waals surface area (Å²) < 4.78 is 11.9. The highest BCUT2D eigenvalue weighted by Gasteiger charge is 2.33. The number of carbonyl (C=O) groups is 4. The van der Waals surface area contributed by atoms with E-state index in [1.807, 2.05) is 44.2 Å². The van der Waals surface area contributed by atoms with Gasteiger partial charge in [0.05, 0.1) is 24.6 Å². The molecule has 0 unspecified atom stereocenters. The first-order valence-electron chi connectivity index (χ1n) is 15.0. The first-order chi connectivity index (χ1) is 20.5. The number of amides is 4. The second-order valence-electron chi connectivity index (χ2n) is 11.9. The normalized spacial score (nSPS) is 20.0. The van der Waals surface area contributed by atoms with Crippen LogP contribution in [0, 0.1) is 11.8 Å². The molecular weight excluding hydrogens is 548 g/mol. The van der Waals surface area contributed by atoms with Crippen LogP contribution in [0.15, 0.2) is 54.6 Å². The highest BCUT2D eigenvalue weighted by molar-refractivity contribution is 6.01. The van der Waals surface area contributed by atoms with E-state index in [-0.39, 0.29) is 55.5 Å². The van der Waals surface area contributed by atoms with Crippen molar-refractivity contribution in [3.05, 3.63) is 60.2 Å². The number of ether oxygens (including phenoxy) is 2. The molecule has 0 saturated carbocycles. The maximum Gasteiger partial charge on any atom is 0.255 e. The molecule has 1 heterocycles. The van der Waals surface area contributed by atoms with E-state index in [1.165, 1.54) is 4.90 Å². The summed E-state index contributed by atoms with van der Waals surface area (Å²) in [5, 5.41) is 5.62. The van der Waals surface area contributed by atoms with Gasteiger partial charge in [-0.15, -0.1) is 0 Å². The van der Waals surface area contributed by atoms with Gasteiger partial charge in [-0.2, -0.15) is 0 Å². The van der Waals surface area contributed by atoms with E-state index in [4.69, 9.17) is 9.47 Å². The summed E-state index contributed by atoms with van der Waals surface area (Å²) in [6.45, 7) is 8.73. The van der Waals surface area contributed by atoms with Crippen molar-refractivity contribution in [1.82, 2.24) is 20.4 Å². The lowest BCUT2D eigenvalue weighted by Crippen LogP contribution is -2.55. The van der Waals surface area contributed by atoms with E-state index >= 15 is 0 Å². The number of nitrogens with zero attached hydrogens (tertiary/aromatic N) is 2. The summed E-state index contributed by atoms with van der Waals surface area (Å²) in [5.74, 6) is -0.284. The average molecular weight is 595 g/mol. The zero-order valence-electron chi connectivity index (χ0n) is 26.2. The topological polar surface area (TPSA) is 117 Å². The van der Waals surface area contributed by atoms with Crippen molar-refractivity contribution in [2.45, 2.75) is 65.1 Å². The highest BCUT2D eigenvalue weighted by Crippen LogP contribution is 2.22. The van der Waals surface area contributed by atoms with Crippen molar-refractivity contribution < 1.29 is 28.7 Å². The van der Waals surface area contributed by atoms with Crippen LogP contribution in [0.3, 0.4) is 0 Å². The van der Waals surface area contributed by atoms with E-state index in [1.54, 1.807) is 43.3 Å². The molecule has 0 fully saturated rings. The lowest BCUT2D eigenvalue weighted by Gasteiger charge is -2.34. The maximum absolute atomic E-state index is 13.7. The van der Waals surface area contributed by atoms with E-state index in [0.29, 0.717) is 24.3 Å². The van der Waals surface area contributed by atoms with Gasteiger partial charge in [-0.25, -0.2) is 0 Å². The molecule has 10 nitrogen and oxygen atoms in total. The van der Waals surface area contributed by atoms with Gasteiger partial charge in [-0.3, -0.25) is 19.2 Å². The smallest absolute Gasteiger partial charge is 0.255 e. The minimum Gasteiger partial charge on any atom is -0.492 e. The number of likely N-dealkylation sites (N-methyl/N-ethyl adjacent to an activating group) is 2. The second kappa shape index (κ2) is 16.0. The molecule has 1 aliphatic rings. The van der Waals surface area contributed by atoms with E-state index in [9.17, 15) is 19.2 Å². The lowest BCUT2D eigenvalue weighted by atomic mass is 9.99. The van der Waals surface area contributed by atoms with Crippen LogP contribution in [0.4, 0.5) is 0 Å². The quantitative estimate of drug-likeness (QED) is 0.459. The number of nitrogens with one attached hydrogen (secondary N) is 2. The fourth-order valence-corrected chi connectivity index (χ4v) is 5.03. The summed E-state index contributed by atoms with van der Waals surface area (Å²) >= 11 is 0. The highest BCUT2D eigenvalue weighted by atomic mass is 16.5. The Morgan fingerprint density at radius 2 is 1.63 bits per heavy atom. The van der Waals surface area contributed by atoms with Crippen molar-refractivity contribution >= 4 is 23.6 Å². The minimum atomic E-state index is -1.17. The summed E-state index contributed by atoms with van der Waals surface area (Å²) in [6, 6.07) is 13.8.